The largest absolute Gasteiger partial charge is 0.389 e. The van der Waals surface area contributed by atoms with Crippen molar-refractivity contribution in [3.8, 4) is 0 Å². The van der Waals surface area contributed by atoms with Crippen LogP contribution in [0.2, 0.25) is 0 Å². The van der Waals surface area contributed by atoms with E-state index in [1.165, 1.54) is 6.92 Å². The molecule has 0 unspecified atom stereocenters. The third-order valence-electron chi connectivity index (χ3n) is 9.05. The predicted molar refractivity (Wildman–Crippen MR) is 129 cm³/mol. The highest BCUT2D eigenvalue weighted by Crippen LogP contribution is 2.60. The number of fused-ring (bicyclic) bond motifs is 1. The number of epoxide rings is 1. The third kappa shape index (κ3) is 3.47. The average Bonchev–Trinajstić information content (AvgIpc) is 3.59. The van der Waals surface area contributed by atoms with Crippen LogP contribution in [-0.4, -0.2) is 63.1 Å². The fraction of sp³-hybridized carbons (Fsp3) is 0.571. The van der Waals surface area contributed by atoms with Gasteiger partial charge in [-0.2, -0.15) is 0 Å². The summed E-state index contributed by atoms with van der Waals surface area (Å²) >= 11 is 0. The first-order valence-electron chi connectivity index (χ1n) is 12.5. The quantitative estimate of drug-likeness (QED) is 0.376. The Morgan fingerprint density at radius 1 is 1.17 bits per heavy atom. The number of carbonyl (C=O) groups excluding carboxylic acids is 2. The molecule has 2 saturated heterocycles. The number of aliphatic hydroxyl groups is 3. The number of benzene rings is 1. The van der Waals surface area contributed by atoms with Gasteiger partial charge in [0.15, 0.2) is 5.78 Å². The SMILES string of the molecule is C=C1[C@@H](C)[C@H]2[C@H](Cc3ccccc3)NC(=O)[C@]23[C@H](O)[C@H]2O[C@@H]2[C@@](C)(O)C(=O)[C@@H](C)C/C=C/[C@H]3[C@@H]1O. The molecule has 188 valence electrons. The van der Waals surface area contributed by atoms with E-state index in [0.29, 0.717) is 18.4 Å². The maximum absolute atomic E-state index is 13.9. The summed E-state index contributed by atoms with van der Waals surface area (Å²) in [4.78, 5) is 26.9. The van der Waals surface area contributed by atoms with Crippen molar-refractivity contribution in [2.75, 3.05) is 0 Å². The van der Waals surface area contributed by atoms with Gasteiger partial charge < -0.3 is 25.4 Å². The highest BCUT2D eigenvalue weighted by Gasteiger charge is 2.73. The maximum atomic E-state index is 13.9. The molecule has 1 aromatic rings. The first-order valence-corrected chi connectivity index (χ1v) is 12.5. The van der Waals surface area contributed by atoms with Gasteiger partial charge in [-0.1, -0.05) is 62.9 Å². The Morgan fingerprint density at radius 2 is 1.86 bits per heavy atom. The van der Waals surface area contributed by atoms with Crippen molar-refractivity contribution in [2.45, 2.75) is 69.7 Å². The number of allylic oxidation sites excluding steroid dienone is 1. The Bertz CT molecular complexity index is 1070. The lowest BCUT2D eigenvalue weighted by atomic mass is 9.51. The molecule has 4 aliphatic rings. The molecule has 35 heavy (non-hydrogen) atoms. The lowest BCUT2D eigenvalue weighted by Gasteiger charge is -2.52. The zero-order valence-electron chi connectivity index (χ0n) is 20.4. The molecular weight excluding hydrogens is 446 g/mol. The van der Waals surface area contributed by atoms with E-state index in [-0.39, 0.29) is 29.6 Å². The van der Waals surface area contributed by atoms with Gasteiger partial charge in [0.05, 0.1) is 17.6 Å². The van der Waals surface area contributed by atoms with Crippen LogP contribution in [0.15, 0.2) is 54.6 Å². The van der Waals surface area contributed by atoms with E-state index in [4.69, 9.17) is 4.74 Å². The predicted octanol–water partition coefficient (Wildman–Crippen LogP) is 1.56. The van der Waals surface area contributed by atoms with Gasteiger partial charge in [0, 0.05) is 23.8 Å². The highest BCUT2D eigenvalue weighted by molar-refractivity contribution is 5.91. The van der Waals surface area contributed by atoms with Crippen molar-refractivity contribution in [1.82, 2.24) is 5.32 Å². The van der Waals surface area contributed by atoms with Crippen LogP contribution in [0.25, 0.3) is 0 Å². The van der Waals surface area contributed by atoms with Crippen LogP contribution in [0.1, 0.15) is 32.8 Å². The molecule has 1 aromatic carbocycles. The van der Waals surface area contributed by atoms with E-state index in [1.807, 2.05) is 37.3 Å². The van der Waals surface area contributed by atoms with Crippen LogP contribution < -0.4 is 5.32 Å². The maximum Gasteiger partial charge on any atom is 0.230 e. The number of ketones is 1. The second-order valence-corrected chi connectivity index (χ2v) is 11.1. The van der Waals surface area contributed by atoms with Crippen molar-refractivity contribution < 1.29 is 29.6 Å². The summed E-state index contributed by atoms with van der Waals surface area (Å²) in [5, 5.41) is 37.5. The zero-order chi connectivity index (χ0) is 25.3. The fourth-order valence-electron chi connectivity index (χ4n) is 7.10. The van der Waals surface area contributed by atoms with Crippen molar-refractivity contribution in [1.29, 1.82) is 0 Å². The molecule has 0 bridgehead atoms. The number of carbonyl (C=O) groups is 2. The van der Waals surface area contributed by atoms with Crippen molar-refractivity contribution in [3.05, 3.63) is 60.2 Å². The van der Waals surface area contributed by atoms with Gasteiger partial charge in [-0.25, -0.2) is 0 Å². The second-order valence-electron chi connectivity index (χ2n) is 11.1. The molecule has 11 atom stereocenters. The number of rotatable bonds is 2. The summed E-state index contributed by atoms with van der Waals surface area (Å²) in [5.41, 5.74) is -1.50. The van der Waals surface area contributed by atoms with Gasteiger partial charge in [0.1, 0.15) is 17.8 Å². The molecule has 1 saturated carbocycles. The molecule has 0 radical (unpaired) electrons. The van der Waals surface area contributed by atoms with E-state index >= 15 is 0 Å². The van der Waals surface area contributed by atoms with Gasteiger partial charge in [0.2, 0.25) is 5.91 Å². The van der Waals surface area contributed by atoms with Crippen molar-refractivity contribution in [3.63, 3.8) is 0 Å². The molecule has 7 nitrogen and oxygen atoms in total. The van der Waals surface area contributed by atoms with E-state index in [2.05, 4.69) is 11.9 Å². The minimum Gasteiger partial charge on any atom is -0.389 e. The van der Waals surface area contributed by atoms with Crippen LogP contribution in [0, 0.1) is 29.1 Å². The first-order chi connectivity index (χ1) is 16.5. The molecule has 2 heterocycles. The number of Topliss-reactive ketones (excluding diaryl/α,β-unsaturated/α-hetero) is 1. The third-order valence-corrected chi connectivity index (χ3v) is 9.05. The van der Waals surface area contributed by atoms with Gasteiger partial charge in [0.25, 0.3) is 0 Å². The monoisotopic (exact) mass is 481 g/mol. The Hall–Kier alpha value is -2.32. The van der Waals surface area contributed by atoms with Crippen LogP contribution in [0.3, 0.4) is 0 Å². The summed E-state index contributed by atoms with van der Waals surface area (Å²) in [5.74, 6) is -2.57. The summed E-state index contributed by atoms with van der Waals surface area (Å²) in [6, 6.07) is 9.55. The number of nitrogens with one attached hydrogen (secondary N) is 1. The van der Waals surface area contributed by atoms with E-state index in [1.54, 1.807) is 19.1 Å². The number of hydrogen-bond acceptors (Lipinski definition) is 6. The molecule has 5 rings (SSSR count). The smallest absolute Gasteiger partial charge is 0.230 e. The minimum absolute atomic E-state index is 0.264. The summed E-state index contributed by atoms with van der Waals surface area (Å²) < 4.78 is 5.76. The van der Waals surface area contributed by atoms with Gasteiger partial charge in [-0.15, -0.1) is 0 Å². The Morgan fingerprint density at radius 3 is 2.54 bits per heavy atom. The van der Waals surface area contributed by atoms with Crippen LogP contribution in [0.4, 0.5) is 0 Å². The second kappa shape index (κ2) is 8.37. The summed E-state index contributed by atoms with van der Waals surface area (Å²) in [6.07, 6.45) is 0.273. The molecular formula is C28H35NO6. The van der Waals surface area contributed by atoms with Crippen LogP contribution in [0.5, 0.6) is 0 Å². The first kappa shape index (κ1) is 24.4. The van der Waals surface area contributed by atoms with Gasteiger partial charge in [-0.3, -0.25) is 9.59 Å². The Balaban J connectivity index is 1.64. The summed E-state index contributed by atoms with van der Waals surface area (Å²) in [7, 11) is 0. The molecule has 7 heteroatoms. The zero-order valence-corrected chi connectivity index (χ0v) is 20.4. The Kier molecular flexibility index (Phi) is 5.83. The van der Waals surface area contributed by atoms with E-state index < -0.39 is 47.3 Å². The topological polar surface area (TPSA) is 119 Å². The molecule has 1 amide bonds. The minimum atomic E-state index is -1.79. The number of amides is 1. The van der Waals surface area contributed by atoms with Crippen LogP contribution >= 0.6 is 0 Å². The Labute approximate surface area is 205 Å². The number of hydrogen-bond donors (Lipinski definition) is 4. The van der Waals surface area contributed by atoms with Crippen molar-refractivity contribution >= 4 is 11.7 Å². The molecule has 2 aliphatic carbocycles. The normalized spacial score (nSPS) is 48.2. The lowest BCUT2D eigenvalue weighted by molar-refractivity contribution is -0.154. The average molecular weight is 482 g/mol. The van der Waals surface area contributed by atoms with E-state index in [0.717, 1.165) is 5.56 Å². The molecule has 3 fully saturated rings. The lowest BCUT2D eigenvalue weighted by Crippen LogP contribution is -2.61. The van der Waals surface area contributed by atoms with Gasteiger partial charge in [-0.05, 0) is 36.8 Å². The standard InChI is InChI=1S/C28H35NO6/c1-14-9-8-12-18-21(30)16(3)15(2)20-19(13-17-10-6-5-7-11-17)29-26(33)28(18,20)24(32)22-25(35-22)27(4,34)23(14)31/h5-8,10-12,14-15,18-22,24-25,30,32,34H,3,9,13H2,1-2,4H3,(H,29,33)/b12-8+/t14-,15+,18-,19-,20-,21+,22+,24+,25-,27-,28-/m0/s1. The van der Waals surface area contributed by atoms with Crippen molar-refractivity contribution in [2.24, 2.45) is 29.1 Å². The number of ether oxygens (including phenoxy) is 1. The fourth-order valence-corrected chi connectivity index (χ4v) is 7.10. The highest BCUT2D eigenvalue weighted by atomic mass is 16.6. The number of aliphatic hydroxyl groups excluding tert-OH is 2. The molecule has 4 N–H and O–H groups in total. The summed E-state index contributed by atoms with van der Waals surface area (Å²) in [6.45, 7) is 9.28. The molecule has 2 aliphatic heterocycles. The molecule has 0 aromatic heterocycles. The van der Waals surface area contributed by atoms with Gasteiger partial charge >= 0.3 is 0 Å². The molecule has 1 spiro atoms. The van der Waals surface area contributed by atoms with Crippen LogP contribution in [-0.2, 0) is 20.7 Å². The van der Waals surface area contributed by atoms with E-state index in [9.17, 15) is 24.9 Å².